The van der Waals surface area contributed by atoms with Crippen LogP contribution in [0.15, 0.2) is 192 Å². The molecule has 2 aliphatic heterocycles. The summed E-state index contributed by atoms with van der Waals surface area (Å²) in [5.41, 5.74) is 6.62. The Morgan fingerprint density at radius 3 is 1.96 bits per heavy atom. The molecule has 11 rings (SSSR count). The van der Waals surface area contributed by atoms with Gasteiger partial charge in [-0.15, -0.1) is 0 Å². The molecule has 3 unspecified atom stereocenters. The first-order valence-electron chi connectivity index (χ1n) is 18.2. The molecule has 1 aliphatic carbocycles. The zero-order valence-electron chi connectivity index (χ0n) is 28.8. The number of aliphatic imine (C=N–C) groups is 2. The fourth-order valence-corrected chi connectivity index (χ4v) is 8.44. The van der Waals surface area contributed by atoms with Crippen LogP contribution in [-0.4, -0.2) is 17.8 Å². The minimum atomic E-state index is -0.457. The van der Waals surface area contributed by atoms with E-state index >= 15 is 0 Å². The molecule has 0 bridgehead atoms. The summed E-state index contributed by atoms with van der Waals surface area (Å²) in [6.07, 6.45) is 3.84. The Labute approximate surface area is 307 Å². The lowest BCUT2D eigenvalue weighted by Crippen LogP contribution is -2.40. The van der Waals surface area contributed by atoms with E-state index in [2.05, 4.69) is 175 Å². The van der Waals surface area contributed by atoms with Gasteiger partial charge < -0.3 is 10.1 Å². The second-order valence-electron chi connectivity index (χ2n) is 14.1. The molecule has 8 aromatic carbocycles. The largest absolute Gasteiger partial charge is 0.485 e. The van der Waals surface area contributed by atoms with E-state index in [1.54, 1.807) is 0 Å². The molecule has 0 amide bonds. The standard InChI is InChI=1S/C49H33N3O/c1-3-12-34-27-36(22-17-30(34)9-1)40-25-26-44-45(41-15-7-8-16-43(41)53-44)46(40)49-51-47(37-23-18-31-10-2-4-13-35(31)28-37)50-48(52-49)38-24-21-33-20-19-32-11-5-6-14-39(32)42(33)29-38/h1-29,44-45,47H,(H,50,51,52). The highest BCUT2D eigenvalue weighted by molar-refractivity contribution is 6.21. The maximum Gasteiger partial charge on any atom is 0.169 e. The van der Waals surface area contributed by atoms with Crippen molar-refractivity contribution >= 4 is 60.3 Å². The summed E-state index contributed by atoms with van der Waals surface area (Å²) < 4.78 is 6.61. The fraction of sp³-hybridized carbons (Fsp3) is 0.0612. The van der Waals surface area contributed by atoms with Gasteiger partial charge in [0.05, 0.1) is 5.92 Å². The van der Waals surface area contributed by atoms with E-state index in [1.165, 1.54) is 48.7 Å². The first-order chi connectivity index (χ1) is 26.2. The van der Waals surface area contributed by atoms with Crippen molar-refractivity contribution in [2.24, 2.45) is 9.98 Å². The van der Waals surface area contributed by atoms with Gasteiger partial charge in [-0.05, 0) is 90.1 Å². The SMILES string of the molecule is C1=CC2Oc3ccccc3C2C(C2=NC(c3ccc4ccccc4c3)N=C(c3ccc4ccc5ccccc5c4c3)N2)=C1c1ccc2ccccc2c1. The van der Waals surface area contributed by atoms with Gasteiger partial charge in [-0.3, -0.25) is 0 Å². The summed E-state index contributed by atoms with van der Waals surface area (Å²) in [5.74, 6) is 2.48. The summed E-state index contributed by atoms with van der Waals surface area (Å²) >= 11 is 0. The Morgan fingerprint density at radius 1 is 0.491 bits per heavy atom. The zero-order valence-corrected chi connectivity index (χ0v) is 28.8. The van der Waals surface area contributed by atoms with Crippen LogP contribution in [0.4, 0.5) is 0 Å². The molecule has 250 valence electrons. The van der Waals surface area contributed by atoms with Gasteiger partial charge in [0, 0.05) is 16.7 Å². The second kappa shape index (κ2) is 11.9. The van der Waals surface area contributed by atoms with E-state index in [0.29, 0.717) is 0 Å². The summed E-state index contributed by atoms with van der Waals surface area (Å²) in [5, 5.41) is 13.5. The van der Waals surface area contributed by atoms with Crippen LogP contribution in [-0.2, 0) is 0 Å². The third-order valence-corrected chi connectivity index (χ3v) is 11.0. The molecule has 0 saturated carbocycles. The molecule has 0 aromatic heterocycles. The Kier molecular flexibility index (Phi) is 6.71. The molecule has 2 heterocycles. The number of allylic oxidation sites excluding steroid dienone is 2. The molecular weight excluding hydrogens is 647 g/mol. The zero-order chi connectivity index (χ0) is 34.9. The van der Waals surface area contributed by atoms with Crippen molar-refractivity contribution in [3.63, 3.8) is 0 Å². The van der Waals surface area contributed by atoms with Gasteiger partial charge in [-0.1, -0.05) is 146 Å². The quantitative estimate of drug-likeness (QED) is 0.188. The van der Waals surface area contributed by atoms with E-state index in [9.17, 15) is 0 Å². The average molecular weight is 680 g/mol. The highest BCUT2D eigenvalue weighted by Gasteiger charge is 2.41. The molecule has 0 saturated heterocycles. The minimum Gasteiger partial charge on any atom is -0.485 e. The minimum absolute atomic E-state index is 0.0546. The smallest absolute Gasteiger partial charge is 0.169 e. The summed E-state index contributed by atoms with van der Waals surface area (Å²) in [6, 6.07) is 58.4. The number of para-hydroxylation sites is 1. The molecule has 0 spiro atoms. The molecule has 8 aromatic rings. The average Bonchev–Trinajstić information content (AvgIpc) is 3.61. The van der Waals surface area contributed by atoms with Gasteiger partial charge in [0.15, 0.2) is 6.17 Å². The topological polar surface area (TPSA) is 46.0 Å². The molecule has 53 heavy (non-hydrogen) atoms. The van der Waals surface area contributed by atoms with Crippen LogP contribution in [0.5, 0.6) is 5.75 Å². The van der Waals surface area contributed by atoms with Crippen molar-refractivity contribution in [3.8, 4) is 5.75 Å². The lowest BCUT2D eigenvalue weighted by Gasteiger charge is -2.31. The predicted octanol–water partition coefficient (Wildman–Crippen LogP) is 11.3. The van der Waals surface area contributed by atoms with E-state index in [-0.39, 0.29) is 12.0 Å². The molecule has 1 N–H and O–H groups in total. The third kappa shape index (κ3) is 4.98. The number of nitrogens with one attached hydrogen (secondary N) is 1. The lowest BCUT2D eigenvalue weighted by atomic mass is 9.78. The highest BCUT2D eigenvalue weighted by atomic mass is 16.5. The monoisotopic (exact) mass is 679 g/mol. The first-order valence-corrected chi connectivity index (χ1v) is 18.2. The maximum atomic E-state index is 6.61. The van der Waals surface area contributed by atoms with E-state index in [0.717, 1.165) is 45.3 Å². The van der Waals surface area contributed by atoms with Crippen LogP contribution >= 0.6 is 0 Å². The van der Waals surface area contributed by atoms with Crippen LogP contribution in [0.25, 0.3) is 48.7 Å². The van der Waals surface area contributed by atoms with Crippen molar-refractivity contribution in [3.05, 3.63) is 204 Å². The second-order valence-corrected chi connectivity index (χ2v) is 14.1. The van der Waals surface area contributed by atoms with Crippen LogP contribution in [0.1, 0.15) is 34.3 Å². The Hall–Kier alpha value is -6.78. The Bertz CT molecular complexity index is 2930. The van der Waals surface area contributed by atoms with Crippen molar-refractivity contribution < 1.29 is 4.74 Å². The van der Waals surface area contributed by atoms with Crippen LogP contribution in [0.2, 0.25) is 0 Å². The number of amidine groups is 2. The number of hydrogen-bond acceptors (Lipinski definition) is 4. The van der Waals surface area contributed by atoms with E-state index in [1.807, 2.05) is 6.07 Å². The Morgan fingerprint density at radius 2 is 1.11 bits per heavy atom. The van der Waals surface area contributed by atoms with Gasteiger partial charge in [0.25, 0.3) is 0 Å². The van der Waals surface area contributed by atoms with Gasteiger partial charge in [0.1, 0.15) is 23.5 Å². The van der Waals surface area contributed by atoms with Crippen molar-refractivity contribution in [2.45, 2.75) is 18.2 Å². The molecule has 3 aliphatic rings. The van der Waals surface area contributed by atoms with Gasteiger partial charge in [0.2, 0.25) is 0 Å². The maximum absolute atomic E-state index is 6.61. The molecule has 4 nitrogen and oxygen atoms in total. The van der Waals surface area contributed by atoms with Gasteiger partial charge >= 0.3 is 0 Å². The fourth-order valence-electron chi connectivity index (χ4n) is 8.44. The normalized spacial score (nSPS) is 19.1. The molecular formula is C49H33N3O. The number of rotatable bonds is 4. The van der Waals surface area contributed by atoms with E-state index in [4.69, 9.17) is 14.7 Å². The number of fused-ring (bicyclic) bond motifs is 8. The number of nitrogens with zero attached hydrogens (tertiary/aromatic N) is 2. The summed E-state index contributed by atoms with van der Waals surface area (Å²) in [7, 11) is 0. The van der Waals surface area contributed by atoms with Crippen molar-refractivity contribution in [1.29, 1.82) is 0 Å². The number of benzene rings is 8. The van der Waals surface area contributed by atoms with Crippen molar-refractivity contribution in [1.82, 2.24) is 5.32 Å². The molecule has 0 fully saturated rings. The number of hydrogen-bond donors (Lipinski definition) is 1. The Balaban J connectivity index is 1.14. The lowest BCUT2D eigenvalue weighted by molar-refractivity contribution is 0.267. The van der Waals surface area contributed by atoms with Crippen LogP contribution in [0.3, 0.4) is 0 Å². The van der Waals surface area contributed by atoms with Crippen LogP contribution < -0.4 is 10.1 Å². The van der Waals surface area contributed by atoms with Gasteiger partial charge in [-0.25, -0.2) is 9.98 Å². The van der Waals surface area contributed by atoms with Crippen LogP contribution in [0, 0.1) is 0 Å². The first kappa shape index (κ1) is 29.9. The summed E-state index contributed by atoms with van der Waals surface area (Å²) in [6.45, 7) is 0. The highest BCUT2D eigenvalue weighted by Crippen LogP contribution is 2.48. The summed E-state index contributed by atoms with van der Waals surface area (Å²) in [4.78, 5) is 10.9. The molecule has 4 heteroatoms. The predicted molar refractivity (Wildman–Crippen MR) is 219 cm³/mol. The number of ether oxygens (including phenoxy) is 1. The van der Waals surface area contributed by atoms with Crippen molar-refractivity contribution in [2.75, 3.05) is 0 Å². The molecule has 0 radical (unpaired) electrons. The molecule has 3 atom stereocenters. The van der Waals surface area contributed by atoms with E-state index < -0.39 is 6.17 Å². The third-order valence-electron chi connectivity index (χ3n) is 11.0. The van der Waals surface area contributed by atoms with Gasteiger partial charge in [-0.2, -0.15) is 0 Å².